The maximum absolute atomic E-state index is 12.8. The number of likely N-dealkylation sites (tertiary alicyclic amines) is 1. The zero-order valence-corrected chi connectivity index (χ0v) is 13.9. The summed E-state index contributed by atoms with van der Waals surface area (Å²) in [5.41, 5.74) is 3.68. The number of fused-ring (bicyclic) bond motifs is 1. The lowest BCUT2D eigenvalue weighted by Crippen LogP contribution is -2.39. The Morgan fingerprint density at radius 2 is 2.00 bits per heavy atom. The van der Waals surface area contributed by atoms with Gasteiger partial charge >= 0.3 is 0 Å². The summed E-state index contributed by atoms with van der Waals surface area (Å²) in [6.07, 6.45) is 4.12. The van der Waals surface area contributed by atoms with Gasteiger partial charge in [0.2, 0.25) is 0 Å². The highest BCUT2D eigenvalue weighted by Gasteiger charge is 2.22. The SMILES string of the molecule is CC1CCCN(C(=O)c2ccc3c(c2)ncn3-c2ccccc2)C1. The molecule has 1 aliphatic rings. The van der Waals surface area contributed by atoms with E-state index in [1.54, 1.807) is 0 Å². The van der Waals surface area contributed by atoms with Gasteiger partial charge in [0.05, 0.1) is 11.0 Å². The molecule has 4 rings (SSSR count). The number of nitrogens with zero attached hydrogens (tertiary/aromatic N) is 3. The van der Waals surface area contributed by atoms with E-state index in [2.05, 4.69) is 24.0 Å². The minimum absolute atomic E-state index is 0.123. The number of hydrogen-bond donors (Lipinski definition) is 0. The first-order chi connectivity index (χ1) is 11.7. The van der Waals surface area contributed by atoms with Crippen molar-refractivity contribution in [2.45, 2.75) is 19.8 Å². The fourth-order valence-corrected chi connectivity index (χ4v) is 3.50. The molecule has 0 spiro atoms. The molecule has 4 nitrogen and oxygen atoms in total. The maximum Gasteiger partial charge on any atom is 0.253 e. The largest absolute Gasteiger partial charge is 0.338 e. The lowest BCUT2D eigenvalue weighted by molar-refractivity contribution is 0.0683. The standard InChI is InChI=1S/C20H21N3O/c1-15-6-5-11-22(13-15)20(24)16-9-10-19-18(12-16)21-14-23(19)17-7-3-2-4-8-17/h2-4,7-10,12,14-15H,5-6,11,13H2,1H3. The van der Waals surface area contributed by atoms with Crippen LogP contribution in [0.15, 0.2) is 54.9 Å². The van der Waals surface area contributed by atoms with Gasteiger partial charge in [-0.1, -0.05) is 25.1 Å². The number of benzene rings is 2. The Bertz CT molecular complexity index is 869. The topological polar surface area (TPSA) is 38.1 Å². The number of carbonyl (C=O) groups is 1. The number of imidazole rings is 1. The van der Waals surface area contributed by atoms with Crippen molar-refractivity contribution in [1.82, 2.24) is 14.5 Å². The molecule has 1 unspecified atom stereocenters. The smallest absolute Gasteiger partial charge is 0.253 e. The zero-order valence-electron chi connectivity index (χ0n) is 13.9. The molecule has 2 aromatic carbocycles. The number of para-hydroxylation sites is 1. The van der Waals surface area contributed by atoms with Crippen LogP contribution in [0.5, 0.6) is 0 Å². The second kappa shape index (κ2) is 6.11. The van der Waals surface area contributed by atoms with Gasteiger partial charge in [-0.05, 0) is 49.1 Å². The Hall–Kier alpha value is -2.62. The van der Waals surface area contributed by atoms with Crippen LogP contribution in [0, 0.1) is 5.92 Å². The first-order valence-electron chi connectivity index (χ1n) is 8.54. The number of piperidine rings is 1. The minimum Gasteiger partial charge on any atom is -0.338 e. The summed E-state index contributed by atoms with van der Waals surface area (Å²) >= 11 is 0. The molecule has 3 aromatic rings. The van der Waals surface area contributed by atoms with Crippen molar-refractivity contribution in [3.8, 4) is 5.69 Å². The minimum atomic E-state index is 0.123. The van der Waals surface area contributed by atoms with Gasteiger partial charge in [-0.25, -0.2) is 4.98 Å². The van der Waals surface area contributed by atoms with E-state index in [4.69, 9.17) is 0 Å². The first-order valence-corrected chi connectivity index (χ1v) is 8.54. The number of hydrogen-bond acceptors (Lipinski definition) is 2. The quantitative estimate of drug-likeness (QED) is 0.718. The number of amides is 1. The van der Waals surface area contributed by atoms with Crippen LogP contribution in [-0.4, -0.2) is 33.4 Å². The molecular weight excluding hydrogens is 298 g/mol. The molecule has 0 saturated carbocycles. The van der Waals surface area contributed by atoms with Crippen LogP contribution < -0.4 is 0 Å². The van der Waals surface area contributed by atoms with Crippen LogP contribution in [0.25, 0.3) is 16.7 Å². The fourth-order valence-electron chi connectivity index (χ4n) is 3.50. The van der Waals surface area contributed by atoms with E-state index in [9.17, 15) is 4.79 Å². The number of rotatable bonds is 2. The average Bonchev–Trinajstić information content (AvgIpc) is 3.05. The average molecular weight is 319 g/mol. The van der Waals surface area contributed by atoms with Crippen LogP contribution in [0.4, 0.5) is 0 Å². The van der Waals surface area contributed by atoms with Gasteiger partial charge < -0.3 is 4.90 Å². The van der Waals surface area contributed by atoms with Crippen molar-refractivity contribution >= 4 is 16.9 Å². The fraction of sp³-hybridized carbons (Fsp3) is 0.300. The highest BCUT2D eigenvalue weighted by molar-refractivity contribution is 5.97. The first kappa shape index (κ1) is 14.9. The molecule has 0 aliphatic carbocycles. The van der Waals surface area contributed by atoms with Gasteiger partial charge in [-0.2, -0.15) is 0 Å². The summed E-state index contributed by atoms with van der Waals surface area (Å²) in [6, 6.07) is 16.0. The molecule has 1 aromatic heterocycles. The maximum atomic E-state index is 12.8. The normalized spacial score (nSPS) is 18.0. The zero-order chi connectivity index (χ0) is 16.5. The summed E-state index contributed by atoms with van der Waals surface area (Å²) in [4.78, 5) is 19.2. The molecule has 1 saturated heterocycles. The second-order valence-corrected chi connectivity index (χ2v) is 6.65. The third-order valence-corrected chi connectivity index (χ3v) is 4.77. The van der Waals surface area contributed by atoms with Gasteiger partial charge in [0.25, 0.3) is 5.91 Å². The van der Waals surface area contributed by atoms with Gasteiger partial charge in [0, 0.05) is 24.3 Å². The van der Waals surface area contributed by atoms with Gasteiger partial charge in [-0.15, -0.1) is 0 Å². The van der Waals surface area contributed by atoms with Crippen LogP contribution >= 0.6 is 0 Å². The Labute approximate surface area is 141 Å². The predicted molar refractivity (Wildman–Crippen MR) is 95.4 cm³/mol. The third kappa shape index (κ3) is 2.68. The predicted octanol–water partition coefficient (Wildman–Crippen LogP) is 3.90. The molecule has 1 atom stereocenters. The lowest BCUT2D eigenvalue weighted by atomic mass is 9.99. The highest BCUT2D eigenvalue weighted by atomic mass is 16.2. The van der Waals surface area contributed by atoms with Gasteiger partial charge in [0.1, 0.15) is 6.33 Å². The Kier molecular flexibility index (Phi) is 3.81. The molecule has 24 heavy (non-hydrogen) atoms. The Morgan fingerprint density at radius 1 is 1.17 bits per heavy atom. The molecule has 122 valence electrons. The van der Waals surface area contributed by atoms with E-state index in [1.807, 2.05) is 52.2 Å². The van der Waals surface area contributed by atoms with Crippen LogP contribution in [-0.2, 0) is 0 Å². The monoisotopic (exact) mass is 319 g/mol. The van der Waals surface area contributed by atoms with E-state index in [-0.39, 0.29) is 5.91 Å². The van der Waals surface area contributed by atoms with Crippen LogP contribution in [0.3, 0.4) is 0 Å². The summed E-state index contributed by atoms with van der Waals surface area (Å²) < 4.78 is 2.05. The molecule has 0 bridgehead atoms. The van der Waals surface area contributed by atoms with E-state index in [0.717, 1.165) is 41.8 Å². The molecule has 1 fully saturated rings. The summed E-state index contributed by atoms with van der Waals surface area (Å²) in [5.74, 6) is 0.710. The van der Waals surface area contributed by atoms with E-state index in [1.165, 1.54) is 6.42 Å². The molecule has 2 heterocycles. The number of carbonyl (C=O) groups excluding carboxylic acids is 1. The Balaban J connectivity index is 1.66. The van der Waals surface area contributed by atoms with E-state index < -0.39 is 0 Å². The van der Waals surface area contributed by atoms with E-state index in [0.29, 0.717) is 5.92 Å². The van der Waals surface area contributed by atoms with Gasteiger partial charge in [0.15, 0.2) is 0 Å². The van der Waals surface area contributed by atoms with E-state index >= 15 is 0 Å². The Morgan fingerprint density at radius 3 is 2.79 bits per heavy atom. The van der Waals surface area contributed by atoms with Gasteiger partial charge in [-0.3, -0.25) is 9.36 Å². The summed E-state index contributed by atoms with van der Waals surface area (Å²) in [6.45, 7) is 3.93. The molecule has 4 heteroatoms. The molecule has 1 aliphatic heterocycles. The summed E-state index contributed by atoms with van der Waals surface area (Å²) in [5, 5.41) is 0. The van der Waals surface area contributed by atoms with Crippen molar-refractivity contribution in [1.29, 1.82) is 0 Å². The lowest BCUT2D eigenvalue weighted by Gasteiger charge is -2.31. The third-order valence-electron chi connectivity index (χ3n) is 4.77. The summed E-state index contributed by atoms with van der Waals surface area (Å²) in [7, 11) is 0. The van der Waals surface area contributed by atoms with Crippen molar-refractivity contribution in [3.05, 3.63) is 60.4 Å². The van der Waals surface area contributed by atoms with Crippen LogP contribution in [0.2, 0.25) is 0 Å². The number of aromatic nitrogens is 2. The van der Waals surface area contributed by atoms with Crippen LogP contribution in [0.1, 0.15) is 30.1 Å². The highest BCUT2D eigenvalue weighted by Crippen LogP contribution is 2.22. The second-order valence-electron chi connectivity index (χ2n) is 6.65. The molecular formula is C20H21N3O. The van der Waals surface area contributed by atoms with Crippen molar-refractivity contribution < 1.29 is 4.79 Å². The van der Waals surface area contributed by atoms with Crippen molar-refractivity contribution in [2.75, 3.05) is 13.1 Å². The molecule has 0 N–H and O–H groups in total. The molecule has 0 radical (unpaired) electrons. The van der Waals surface area contributed by atoms with Crippen molar-refractivity contribution in [2.24, 2.45) is 5.92 Å². The van der Waals surface area contributed by atoms with Crippen molar-refractivity contribution in [3.63, 3.8) is 0 Å². The molecule has 1 amide bonds.